The van der Waals surface area contributed by atoms with Crippen LogP contribution in [0.3, 0.4) is 0 Å². The number of rotatable bonds is 3. The highest BCUT2D eigenvalue weighted by Gasteiger charge is 2.09. The van der Waals surface area contributed by atoms with Gasteiger partial charge in [0.05, 0.1) is 11.0 Å². The van der Waals surface area contributed by atoms with E-state index in [9.17, 15) is 19.2 Å². The molecule has 2 amide bonds. The molecule has 8 heteroatoms. The van der Waals surface area contributed by atoms with Crippen molar-refractivity contribution in [1.29, 1.82) is 0 Å². The van der Waals surface area contributed by atoms with E-state index in [0.717, 1.165) is 0 Å². The van der Waals surface area contributed by atoms with Crippen molar-refractivity contribution in [1.82, 2.24) is 15.3 Å². The van der Waals surface area contributed by atoms with Crippen LogP contribution in [0.15, 0.2) is 52.1 Å². The third-order valence-electron chi connectivity index (χ3n) is 3.62. The van der Waals surface area contributed by atoms with Gasteiger partial charge in [-0.25, -0.2) is 0 Å². The fraction of sp³-hybridized carbons (Fsp3) is 0.0588. The zero-order chi connectivity index (χ0) is 18.0. The van der Waals surface area contributed by atoms with E-state index in [1.54, 1.807) is 24.3 Å². The summed E-state index contributed by atoms with van der Waals surface area (Å²) in [6, 6.07) is 11.0. The van der Waals surface area contributed by atoms with Crippen molar-refractivity contribution >= 4 is 28.5 Å². The molecule has 0 aliphatic carbocycles. The van der Waals surface area contributed by atoms with Gasteiger partial charge >= 0.3 is 11.1 Å². The molecule has 0 saturated heterocycles. The maximum absolute atomic E-state index is 12.3. The van der Waals surface area contributed by atoms with Gasteiger partial charge < -0.3 is 20.6 Å². The number of amides is 2. The number of nitrogens with one attached hydrogen (secondary N) is 4. The number of carbonyl (C=O) groups is 2. The van der Waals surface area contributed by atoms with Crippen molar-refractivity contribution < 1.29 is 9.59 Å². The van der Waals surface area contributed by atoms with Gasteiger partial charge in [-0.3, -0.25) is 19.2 Å². The van der Waals surface area contributed by atoms with Gasteiger partial charge in [0, 0.05) is 23.9 Å². The van der Waals surface area contributed by atoms with Crippen molar-refractivity contribution in [2.75, 3.05) is 12.4 Å². The summed E-state index contributed by atoms with van der Waals surface area (Å²) in [4.78, 5) is 51.3. The number of hydrogen-bond donors (Lipinski definition) is 4. The highest BCUT2D eigenvalue weighted by atomic mass is 16.2. The summed E-state index contributed by atoms with van der Waals surface area (Å²) in [5, 5.41) is 5.21. The largest absolute Gasteiger partial charge is 0.355 e. The Morgan fingerprint density at radius 2 is 1.40 bits per heavy atom. The van der Waals surface area contributed by atoms with Gasteiger partial charge in [-0.1, -0.05) is 0 Å². The first-order valence-corrected chi connectivity index (χ1v) is 7.38. The van der Waals surface area contributed by atoms with Crippen LogP contribution in [-0.2, 0) is 0 Å². The van der Waals surface area contributed by atoms with Crippen molar-refractivity contribution in [3.8, 4) is 0 Å². The molecule has 0 aliphatic heterocycles. The Morgan fingerprint density at radius 1 is 0.800 bits per heavy atom. The van der Waals surface area contributed by atoms with E-state index >= 15 is 0 Å². The van der Waals surface area contributed by atoms with Crippen LogP contribution in [0.4, 0.5) is 5.69 Å². The monoisotopic (exact) mass is 338 g/mol. The molecular weight excluding hydrogens is 324 g/mol. The van der Waals surface area contributed by atoms with E-state index in [2.05, 4.69) is 20.6 Å². The van der Waals surface area contributed by atoms with Crippen LogP contribution in [0.1, 0.15) is 20.7 Å². The minimum absolute atomic E-state index is 0.217. The van der Waals surface area contributed by atoms with Gasteiger partial charge in [-0.2, -0.15) is 0 Å². The normalized spacial score (nSPS) is 10.4. The molecule has 0 unspecified atom stereocenters. The van der Waals surface area contributed by atoms with Crippen LogP contribution in [0.25, 0.3) is 11.0 Å². The Morgan fingerprint density at radius 3 is 2.04 bits per heavy atom. The Bertz CT molecular complexity index is 1080. The van der Waals surface area contributed by atoms with E-state index in [0.29, 0.717) is 27.8 Å². The number of H-pyrrole nitrogens is 2. The summed E-state index contributed by atoms with van der Waals surface area (Å²) < 4.78 is 0. The molecule has 126 valence electrons. The van der Waals surface area contributed by atoms with E-state index in [1.165, 1.54) is 25.2 Å². The number of benzene rings is 2. The van der Waals surface area contributed by atoms with E-state index in [-0.39, 0.29) is 11.8 Å². The van der Waals surface area contributed by atoms with Gasteiger partial charge in [-0.05, 0) is 42.5 Å². The fourth-order valence-electron chi connectivity index (χ4n) is 2.31. The second-order valence-corrected chi connectivity index (χ2v) is 5.28. The maximum Gasteiger partial charge on any atom is 0.314 e. The third-order valence-corrected chi connectivity index (χ3v) is 3.62. The molecule has 1 heterocycles. The lowest BCUT2D eigenvalue weighted by atomic mass is 10.1. The van der Waals surface area contributed by atoms with Crippen LogP contribution in [0.5, 0.6) is 0 Å². The fourth-order valence-corrected chi connectivity index (χ4v) is 2.31. The van der Waals surface area contributed by atoms with Crippen molar-refractivity contribution in [3.63, 3.8) is 0 Å². The number of carbonyl (C=O) groups excluding carboxylic acids is 2. The molecule has 1 aromatic heterocycles. The summed E-state index contributed by atoms with van der Waals surface area (Å²) in [5.74, 6) is -0.605. The summed E-state index contributed by atoms with van der Waals surface area (Å²) in [6.07, 6.45) is 0. The molecule has 0 radical (unpaired) electrons. The smallest absolute Gasteiger partial charge is 0.314 e. The summed E-state index contributed by atoms with van der Waals surface area (Å²) >= 11 is 0. The summed E-state index contributed by atoms with van der Waals surface area (Å²) in [7, 11) is 1.54. The standard InChI is InChI=1S/C17H14N4O4/c1-18-14(22)9-2-5-11(6-3-9)19-15(23)10-4-7-12-13(8-10)21-17(25)16(24)20-12/h2-8H,1H3,(H,18,22)(H,19,23)(H,20,24)(H,21,25). The van der Waals surface area contributed by atoms with Gasteiger partial charge in [0.15, 0.2) is 0 Å². The zero-order valence-electron chi connectivity index (χ0n) is 13.2. The second kappa shape index (κ2) is 6.44. The first kappa shape index (κ1) is 16.2. The minimum Gasteiger partial charge on any atom is -0.355 e. The predicted octanol–water partition coefficient (Wildman–Crippen LogP) is 0.828. The quantitative estimate of drug-likeness (QED) is 0.528. The molecule has 8 nitrogen and oxygen atoms in total. The van der Waals surface area contributed by atoms with Crippen LogP contribution >= 0.6 is 0 Å². The SMILES string of the molecule is CNC(=O)c1ccc(NC(=O)c2ccc3[nH]c(=O)c(=O)[nH]c3c2)cc1. The number of aromatic nitrogens is 2. The highest BCUT2D eigenvalue weighted by molar-refractivity contribution is 6.06. The molecule has 25 heavy (non-hydrogen) atoms. The van der Waals surface area contributed by atoms with E-state index < -0.39 is 11.1 Å². The molecule has 2 aromatic carbocycles. The topological polar surface area (TPSA) is 124 Å². The van der Waals surface area contributed by atoms with Crippen LogP contribution in [0.2, 0.25) is 0 Å². The lowest BCUT2D eigenvalue weighted by Gasteiger charge is -2.07. The summed E-state index contributed by atoms with van der Waals surface area (Å²) in [6.45, 7) is 0. The first-order chi connectivity index (χ1) is 12.0. The van der Waals surface area contributed by atoms with Crippen molar-refractivity contribution in [2.45, 2.75) is 0 Å². The van der Waals surface area contributed by atoms with Crippen LogP contribution in [0, 0.1) is 0 Å². The van der Waals surface area contributed by atoms with Gasteiger partial charge in [-0.15, -0.1) is 0 Å². The average Bonchev–Trinajstić information content (AvgIpc) is 2.62. The number of fused-ring (bicyclic) bond motifs is 1. The molecule has 0 bridgehead atoms. The highest BCUT2D eigenvalue weighted by Crippen LogP contribution is 2.14. The Kier molecular flexibility index (Phi) is 4.17. The Balaban J connectivity index is 1.84. The second-order valence-electron chi connectivity index (χ2n) is 5.28. The van der Waals surface area contributed by atoms with Crippen molar-refractivity contribution in [2.24, 2.45) is 0 Å². The van der Waals surface area contributed by atoms with Crippen LogP contribution in [-0.4, -0.2) is 28.8 Å². The molecule has 3 rings (SSSR count). The third kappa shape index (κ3) is 3.32. The number of aromatic amines is 2. The Hall–Kier alpha value is -3.68. The molecular formula is C17H14N4O4. The number of hydrogen-bond acceptors (Lipinski definition) is 4. The van der Waals surface area contributed by atoms with Gasteiger partial charge in [0.25, 0.3) is 11.8 Å². The zero-order valence-corrected chi connectivity index (χ0v) is 13.2. The molecule has 0 fully saturated rings. The number of anilines is 1. The lowest BCUT2D eigenvalue weighted by Crippen LogP contribution is -2.29. The van der Waals surface area contributed by atoms with Crippen molar-refractivity contribution in [3.05, 3.63) is 74.3 Å². The summed E-state index contributed by atoms with van der Waals surface area (Å²) in [5.41, 5.74) is 0.560. The Labute approximate surface area is 140 Å². The molecule has 0 aliphatic rings. The molecule has 0 spiro atoms. The molecule has 0 saturated carbocycles. The predicted molar refractivity (Wildman–Crippen MR) is 93.0 cm³/mol. The van der Waals surface area contributed by atoms with Crippen LogP contribution < -0.4 is 21.8 Å². The molecule has 0 atom stereocenters. The first-order valence-electron chi connectivity index (χ1n) is 7.38. The van der Waals surface area contributed by atoms with Gasteiger partial charge in [0.1, 0.15) is 0 Å². The molecule has 4 N–H and O–H groups in total. The van der Waals surface area contributed by atoms with E-state index in [4.69, 9.17) is 0 Å². The minimum atomic E-state index is -0.783. The molecule has 3 aromatic rings. The van der Waals surface area contributed by atoms with E-state index in [1.807, 2.05) is 0 Å². The van der Waals surface area contributed by atoms with Gasteiger partial charge in [0.2, 0.25) is 0 Å². The average molecular weight is 338 g/mol. The lowest BCUT2D eigenvalue weighted by molar-refractivity contribution is 0.0962. The maximum atomic E-state index is 12.3.